The Balaban J connectivity index is 1.52. The van der Waals surface area contributed by atoms with E-state index in [4.69, 9.17) is 4.74 Å². The van der Waals surface area contributed by atoms with E-state index >= 15 is 0 Å². The standard InChI is InChI=1S/C21H26FN3O3S/c1-16-12-18(13-17-4-6-19(22)7-5-17)14-20(23-16)21-15-25(10-11-28-21)29(26,27)24-8-2-3-9-24/h4-7,12,14,21H,2-3,8-11,13,15H2,1H3. The van der Waals surface area contributed by atoms with Crippen LogP contribution in [0.4, 0.5) is 4.39 Å². The molecule has 0 N–H and O–H groups in total. The molecule has 1 atom stereocenters. The molecular weight excluding hydrogens is 393 g/mol. The molecule has 156 valence electrons. The van der Waals surface area contributed by atoms with Crippen molar-refractivity contribution >= 4 is 10.2 Å². The van der Waals surface area contributed by atoms with Gasteiger partial charge in [0.2, 0.25) is 0 Å². The molecule has 1 aromatic carbocycles. The summed E-state index contributed by atoms with van der Waals surface area (Å²) in [6.45, 7) is 4.08. The molecule has 0 bridgehead atoms. The summed E-state index contributed by atoms with van der Waals surface area (Å²) >= 11 is 0. The number of rotatable bonds is 5. The Bertz CT molecular complexity index is 960. The monoisotopic (exact) mass is 419 g/mol. The predicted molar refractivity (Wildman–Crippen MR) is 108 cm³/mol. The van der Waals surface area contributed by atoms with Gasteiger partial charge in [0.05, 0.1) is 12.3 Å². The number of halogens is 1. The molecule has 2 saturated heterocycles. The van der Waals surface area contributed by atoms with E-state index in [1.807, 2.05) is 19.1 Å². The van der Waals surface area contributed by atoms with Crippen LogP contribution >= 0.6 is 0 Å². The van der Waals surface area contributed by atoms with Gasteiger partial charge in [-0.25, -0.2) is 4.39 Å². The van der Waals surface area contributed by atoms with Gasteiger partial charge in [0, 0.05) is 31.9 Å². The number of aryl methyl sites for hydroxylation is 1. The summed E-state index contributed by atoms with van der Waals surface area (Å²) in [5, 5.41) is 0. The largest absolute Gasteiger partial charge is 0.369 e. The fourth-order valence-electron chi connectivity index (χ4n) is 3.97. The Morgan fingerprint density at radius 2 is 1.79 bits per heavy atom. The van der Waals surface area contributed by atoms with Crippen LogP contribution in [0.5, 0.6) is 0 Å². The summed E-state index contributed by atoms with van der Waals surface area (Å²) in [6, 6.07) is 10.4. The first-order valence-electron chi connectivity index (χ1n) is 10.0. The van der Waals surface area contributed by atoms with Crippen molar-refractivity contribution < 1.29 is 17.5 Å². The van der Waals surface area contributed by atoms with Crippen molar-refractivity contribution in [2.24, 2.45) is 0 Å². The number of hydrogen-bond acceptors (Lipinski definition) is 4. The second-order valence-corrected chi connectivity index (χ2v) is 9.60. The maximum Gasteiger partial charge on any atom is 0.282 e. The number of nitrogens with zero attached hydrogens (tertiary/aromatic N) is 3. The van der Waals surface area contributed by atoms with E-state index in [0.29, 0.717) is 32.7 Å². The molecule has 0 aliphatic carbocycles. The van der Waals surface area contributed by atoms with Gasteiger partial charge in [-0.05, 0) is 61.6 Å². The SMILES string of the molecule is Cc1cc(Cc2ccc(F)cc2)cc(C2CN(S(=O)(=O)N3CCCC3)CCO2)n1. The quantitative estimate of drug-likeness (QED) is 0.748. The maximum atomic E-state index is 13.2. The second kappa shape index (κ2) is 8.47. The number of morpholine rings is 1. The summed E-state index contributed by atoms with van der Waals surface area (Å²) in [4.78, 5) is 4.61. The Morgan fingerprint density at radius 3 is 2.52 bits per heavy atom. The molecule has 2 aromatic rings. The summed E-state index contributed by atoms with van der Waals surface area (Å²) in [7, 11) is -3.45. The number of benzene rings is 1. The first-order valence-corrected chi connectivity index (χ1v) is 11.4. The third-order valence-electron chi connectivity index (χ3n) is 5.43. The van der Waals surface area contributed by atoms with Crippen molar-refractivity contribution in [1.29, 1.82) is 0 Å². The smallest absolute Gasteiger partial charge is 0.282 e. The molecule has 2 aliphatic rings. The van der Waals surface area contributed by atoms with Crippen molar-refractivity contribution in [2.45, 2.75) is 32.3 Å². The minimum absolute atomic E-state index is 0.254. The second-order valence-electron chi connectivity index (χ2n) is 7.68. The zero-order chi connectivity index (χ0) is 20.4. The third kappa shape index (κ3) is 4.66. The average Bonchev–Trinajstić information content (AvgIpc) is 3.25. The highest BCUT2D eigenvalue weighted by Crippen LogP contribution is 2.26. The van der Waals surface area contributed by atoms with Crippen LogP contribution in [-0.2, 0) is 21.4 Å². The molecule has 8 heteroatoms. The molecule has 2 fully saturated rings. The van der Waals surface area contributed by atoms with Crippen molar-refractivity contribution in [2.75, 3.05) is 32.8 Å². The average molecular weight is 420 g/mol. The van der Waals surface area contributed by atoms with E-state index in [9.17, 15) is 12.8 Å². The van der Waals surface area contributed by atoms with Gasteiger partial charge in [0.15, 0.2) is 0 Å². The summed E-state index contributed by atoms with van der Waals surface area (Å²) < 4.78 is 48.0. The zero-order valence-electron chi connectivity index (χ0n) is 16.6. The van der Waals surface area contributed by atoms with E-state index in [2.05, 4.69) is 4.98 Å². The van der Waals surface area contributed by atoms with Crippen LogP contribution < -0.4 is 0 Å². The molecule has 0 amide bonds. The zero-order valence-corrected chi connectivity index (χ0v) is 17.4. The highest BCUT2D eigenvalue weighted by molar-refractivity contribution is 7.86. The van der Waals surface area contributed by atoms with Gasteiger partial charge in [-0.3, -0.25) is 4.98 Å². The molecule has 1 aromatic heterocycles. The molecular formula is C21H26FN3O3S. The minimum Gasteiger partial charge on any atom is -0.369 e. The van der Waals surface area contributed by atoms with Crippen LogP contribution in [0.15, 0.2) is 36.4 Å². The number of aromatic nitrogens is 1. The van der Waals surface area contributed by atoms with Crippen LogP contribution in [-0.4, -0.2) is 54.8 Å². The predicted octanol–water partition coefficient (Wildman–Crippen LogP) is 2.83. The van der Waals surface area contributed by atoms with Gasteiger partial charge in [0.25, 0.3) is 10.2 Å². The van der Waals surface area contributed by atoms with Crippen molar-refractivity contribution in [3.8, 4) is 0 Å². The minimum atomic E-state index is -3.45. The van der Waals surface area contributed by atoms with Gasteiger partial charge >= 0.3 is 0 Å². The van der Waals surface area contributed by atoms with Crippen LogP contribution in [0.1, 0.15) is 41.5 Å². The third-order valence-corrected chi connectivity index (χ3v) is 7.43. The van der Waals surface area contributed by atoms with Gasteiger partial charge in [-0.15, -0.1) is 0 Å². The van der Waals surface area contributed by atoms with Gasteiger partial charge in [0.1, 0.15) is 11.9 Å². The Labute approximate surface area is 171 Å². The van der Waals surface area contributed by atoms with Crippen LogP contribution in [0.25, 0.3) is 0 Å². The Hall–Kier alpha value is -1.87. The highest BCUT2D eigenvalue weighted by atomic mass is 32.2. The topological polar surface area (TPSA) is 62.7 Å². The summed E-state index contributed by atoms with van der Waals surface area (Å²) in [5.41, 5.74) is 3.64. The van der Waals surface area contributed by atoms with E-state index in [0.717, 1.165) is 35.4 Å². The van der Waals surface area contributed by atoms with Crippen LogP contribution in [0.3, 0.4) is 0 Å². The van der Waals surface area contributed by atoms with E-state index < -0.39 is 16.3 Å². The van der Waals surface area contributed by atoms with Crippen LogP contribution in [0, 0.1) is 12.7 Å². The molecule has 0 saturated carbocycles. The van der Waals surface area contributed by atoms with Crippen LogP contribution in [0.2, 0.25) is 0 Å². The molecule has 29 heavy (non-hydrogen) atoms. The molecule has 2 aliphatic heterocycles. The molecule has 1 unspecified atom stereocenters. The molecule has 3 heterocycles. The van der Waals surface area contributed by atoms with Crippen molar-refractivity contribution in [3.05, 3.63) is 64.7 Å². The van der Waals surface area contributed by atoms with Crippen molar-refractivity contribution in [3.63, 3.8) is 0 Å². The van der Waals surface area contributed by atoms with E-state index in [-0.39, 0.29) is 12.4 Å². The molecule has 4 rings (SSSR count). The summed E-state index contributed by atoms with van der Waals surface area (Å²) in [5.74, 6) is -0.254. The number of pyridine rings is 1. The Kier molecular flexibility index (Phi) is 5.96. The van der Waals surface area contributed by atoms with Gasteiger partial charge in [-0.1, -0.05) is 12.1 Å². The summed E-state index contributed by atoms with van der Waals surface area (Å²) in [6.07, 6.45) is 2.09. The fourth-order valence-corrected chi connectivity index (χ4v) is 5.64. The fraction of sp³-hybridized carbons (Fsp3) is 0.476. The Morgan fingerprint density at radius 1 is 1.07 bits per heavy atom. The van der Waals surface area contributed by atoms with Gasteiger partial charge < -0.3 is 4.74 Å². The van der Waals surface area contributed by atoms with Gasteiger partial charge in [-0.2, -0.15) is 17.0 Å². The first kappa shape index (κ1) is 20.4. The molecule has 6 nitrogen and oxygen atoms in total. The first-order chi connectivity index (χ1) is 13.9. The maximum absolute atomic E-state index is 13.2. The van der Waals surface area contributed by atoms with E-state index in [1.165, 1.54) is 16.4 Å². The van der Waals surface area contributed by atoms with E-state index in [1.54, 1.807) is 16.4 Å². The lowest BCUT2D eigenvalue weighted by atomic mass is 10.0. The van der Waals surface area contributed by atoms with Crippen molar-refractivity contribution in [1.82, 2.24) is 13.6 Å². The highest BCUT2D eigenvalue weighted by Gasteiger charge is 2.36. The lowest BCUT2D eigenvalue weighted by Gasteiger charge is -2.34. The molecule has 0 spiro atoms. The normalized spacial score (nSPS) is 21.5. The number of ether oxygens (including phenoxy) is 1. The lowest BCUT2D eigenvalue weighted by molar-refractivity contribution is -0.00656. The number of hydrogen-bond donors (Lipinski definition) is 0. The lowest BCUT2D eigenvalue weighted by Crippen LogP contribution is -2.48. The molecule has 0 radical (unpaired) electrons.